The van der Waals surface area contributed by atoms with Crippen molar-refractivity contribution >= 4 is 38.7 Å². The van der Waals surface area contributed by atoms with Crippen LogP contribution in [-0.4, -0.2) is 38.9 Å². The number of fused-ring (bicyclic) bond motifs is 3. The van der Waals surface area contributed by atoms with E-state index in [1.54, 1.807) is 14.2 Å². The summed E-state index contributed by atoms with van der Waals surface area (Å²) in [5.74, 6) is 0.690. The molecule has 0 bridgehead atoms. The van der Waals surface area contributed by atoms with Crippen LogP contribution in [0.3, 0.4) is 0 Å². The Labute approximate surface area is 163 Å². The van der Waals surface area contributed by atoms with E-state index in [1.807, 2.05) is 28.8 Å². The van der Waals surface area contributed by atoms with Gasteiger partial charge in [-0.25, -0.2) is 4.79 Å². The standard InChI is InChI=1S/C18H20BrN5O3/c1-21-15-14(16(25)24(18(21)26)10-11-27-2)23-9-3-8-22(17(23)20-15)13-6-4-12(19)5-7-13/h4-7H,3,8-11H2,1-2H3. The van der Waals surface area contributed by atoms with Crippen molar-refractivity contribution in [1.29, 1.82) is 0 Å². The fourth-order valence-electron chi connectivity index (χ4n) is 3.51. The van der Waals surface area contributed by atoms with Crippen molar-refractivity contribution in [3.05, 3.63) is 49.6 Å². The lowest BCUT2D eigenvalue weighted by Crippen LogP contribution is -2.40. The quantitative estimate of drug-likeness (QED) is 0.627. The maximum Gasteiger partial charge on any atom is 0.332 e. The van der Waals surface area contributed by atoms with Crippen molar-refractivity contribution < 1.29 is 4.74 Å². The number of methoxy groups -OCH3 is 1. The van der Waals surface area contributed by atoms with Gasteiger partial charge in [0.2, 0.25) is 5.95 Å². The van der Waals surface area contributed by atoms with Crippen molar-refractivity contribution in [2.24, 2.45) is 7.05 Å². The second-order valence-electron chi connectivity index (χ2n) is 6.51. The largest absolute Gasteiger partial charge is 0.383 e. The summed E-state index contributed by atoms with van der Waals surface area (Å²) in [4.78, 5) is 32.4. The Balaban J connectivity index is 1.94. The van der Waals surface area contributed by atoms with E-state index >= 15 is 0 Å². The van der Waals surface area contributed by atoms with Crippen LogP contribution < -0.4 is 16.1 Å². The summed E-state index contributed by atoms with van der Waals surface area (Å²) in [6.45, 7) is 2.01. The third-order valence-electron chi connectivity index (χ3n) is 4.87. The van der Waals surface area contributed by atoms with E-state index in [0.29, 0.717) is 30.3 Å². The number of aromatic nitrogens is 4. The maximum absolute atomic E-state index is 13.0. The van der Waals surface area contributed by atoms with Crippen LogP contribution in [0, 0.1) is 0 Å². The Hall–Kier alpha value is -2.39. The molecule has 0 amide bonds. The lowest BCUT2D eigenvalue weighted by Gasteiger charge is -2.29. The molecule has 0 radical (unpaired) electrons. The highest BCUT2D eigenvalue weighted by Gasteiger charge is 2.26. The van der Waals surface area contributed by atoms with Gasteiger partial charge >= 0.3 is 5.69 Å². The Morgan fingerprint density at radius 2 is 1.93 bits per heavy atom. The van der Waals surface area contributed by atoms with Crippen LogP contribution in [0.4, 0.5) is 11.6 Å². The highest BCUT2D eigenvalue weighted by molar-refractivity contribution is 9.10. The molecule has 0 fully saturated rings. The summed E-state index contributed by atoms with van der Waals surface area (Å²) >= 11 is 3.45. The van der Waals surface area contributed by atoms with E-state index in [0.717, 1.165) is 23.1 Å². The lowest BCUT2D eigenvalue weighted by molar-refractivity contribution is 0.184. The minimum atomic E-state index is -0.379. The van der Waals surface area contributed by atoms with Gasteiger partial charge in [-0.15, -0.1) is 0 Å². The van der Waals surface area contributed by atoms with Gasteiger partial charge in [0.05, 0.1) is 13.2 Å². The maximum atomic E-state index is 13.0. The van der Waals surface area contributed by atoms with Gasteiger partial charge in [0.25, 0.3) is 5.56 Å². The highest BCUT2D eigenvalue weighted by atomic mass is 79.9. The first-order valence-corrected chi connectivity index (χ1v) is 9.54. The molecule has 0 unspecified atom stereocenters. The molecule has 0 saturated carbocycles. The average Bonchev–Trinajstić information content (AvgIpc) is 3.07. The van der Waals surface area contributed by atoms with Crippen LogP contribution in [0.1, 0.15) is 6.42 Å². The zero-order valence-corrected chi connectivity index (χ0v) is 16.8. The first-order valence-electron chi connectivity index (χ1n) is 8.75. The van der Waals surface area contributed by atoms with Gasteiger partial charge in [-0.1, -0.05) is 15.9 Å². The number of hydrogen-bond donors (Lipinski definition) is 0. The van der Waals surface area contributed by atoms with Crippen LogP contribution in [0.15, 0.2) is 38.3 Å². The molecular formula is C18H20BrN5O3. The van der Waals surface area contributed by atoms with Crippen molar-refractivity contribution in [1.82, 2.24) is 18.7 Å². The van der Waals surface area contributed by atoms with Crippen LogP contribution in [0.2, 0.25) is 0 Å². The molecule has 3 aromatic rings. The molecule has 1 aromatic carbocycles. The molecule has 0 atom stereocenters. The van der Waals surface area contributed by atoms with Gasteiger partial charge in [-0.3, -0.25) is 13.9 Å². The third kappa shape index (κ3) is 2.90. The van der Waals surface area contributed by atoms with Crippen LogP contribution in [0.25, 0.3) is 11.2 Å². The second kappa shape index (κ2) is 6.97. The molecule has 3 heterocycles. The fourth-order valence-corrected chi connectivity index (χ4v) is 3.77. The molecule has 1 aliphatic heterocycles. The number of nitrogens with zero attached hydrogens (tertiary/aromatic N) is 5. The summed E-state index contributed by atoms with van der Waals surface area (Å²) in [5.41, 5.74) is 1.18. The van der Waals surface area contributed by atoms with Gasteiger partial charge in [0, 0.05) is 37.4 Å². The van der Waals surface area contributed by atoms with E-state index < -0.39 is 0 Å². The molecule has 0 aliphatic carbocycles. The van der Waals surface area contributed by atoms with Crippen molar-refractivity contribution in [3.8, 4) is 0 Å². The summed E-state index contributed by atoms with van der Waals surface area (Å²) in [7, 11) is 3.20. The molecule has 0 spiro atoms. The summed E-state index contributed by atoms with van der Waals surface area (Å²) in [5, 5.41) is 0. The minimum Gasteiger partial charge on any atom is -0.383 e. The first-order chi connectivity index (χ1) is 13.0. The normalized spacial score (nSPS) is 14.0. The average molecular weight is 434 g/mol. The summed E-state index contributed by atoms with van der Waals surface area (Å²) in [6, 6.07) is 7.97. The number of hydrogen-bond acceptors (Lipinski definition) is 5. The predicted molar refractivity (Wildman–Crippen MR) is 107 cm³/mol. The monoisotopic (exact) mass is 433 g/mol. The fraction of sp³-hybridized carbons (Fsp3) is 0.389. The number of aryl methyl sites for hydroxylation is 2. The first kappa shape index (κ1) is 18.0. The van der Waals surface area contributed by atoms with Crippen LogP contribution >= 0.6 is 15.9 Å². The number of rotatable bonds is 4. The van der Waals surface area contributed by atoms with Crippen molar-refractivity contribution in [3.63, 3.8) is 0 Å². The number of ether oxygens (including phenoxy) is 1. The molecule has 4 rings (SSSR count). The van der Waals surface area contributed by atoms with Gasteiger partial charge in [0.15, 0.2) is 11.2 Å². The molecule has 1 aliphatic rings. The molecule has 0 N–H and O–H groups in total. The molecule has 142 valence electrons. The smallest absolute Gasteiger partial charge is 0.332 e. The topological polar surface area (TPSA) is 74.3 Å². The van der Waals surface area contributed by atoms with Gasteiger partial charge < -0.3 is 14.2 Å². The van der Waals surface area contributed by atoms with Gasteiger partial charge in [-0.2, -0.15) is 4.98 Å². The minimum absolute atomic E-state index is 0.217. The van der Waals surface area contributed by atoms with E-state index in [2.05, 4.69) is 25.8 Å². The molecule has 2 aromatic heterocycles. The molecule has 27 heavy (non-hydrogen) atoms. The molecule has 9 heteroatoms. The van der Waals surface area contributed by atoms with Crippen molar-refractivity contribution in [2.75, 3.05) is 25.2 Å². The Kier molecular flexibility index (Phi) is 4.65. The number of imidazole rings is 1. The zero-order valence-electron chi connectivity index (χ0n) is 15.2. The van der Waals surface area contributed by atoms with E-state index in [-0.39, 0.29) is 17.8 Å². The van der Waals surface area contributed by atoms with Crippen LogP contribution in [-0.2, 0) is 24.9 Å². The van der Waals surface area contributed by atoms with Gasteiger partial charge in [0.1, 0.15) is 0 Å². The third-order valence-corrected chi connectivity index (χ3v) is 5.40. The Bertz CT molecular complexity index is 1110. The molecular weight excluding hydrogens is 414 g/mol. The van der Waals surface area contributed by atoms with E-state index in [9.17, 15) is 9.59 Å². The molecule has 8 nitrogen and oxygen atoms in total. The zero-order chi connectivity index (χ0) is 19.1. The summed E-state index contributed by atoms with van der Waals surface area (Å²) in [6.07, 6.45) is 0.884. The Morgan fingerprint density at radius 3 is 2.63 bits per heavy atom. The predicted octanol–water partition coefficient (Wildman–Crippen LogP) is 1.85. The number of benzene rings is 1. The second-order valence-corrected chi connectivity index (χ2v) is 7.42. The molecule has 0 saturated heterocycles. The SMILES string of the molecule is COCCn1c(=O)c2c(nc3n2CCCN3c2ccc(Br)cc2)n(C)c1=O. The summed E-state index contributed by atoms with van der Waals surface area (Å²) < 4.78 is 10.6. The highest BCUT2D eigenvalue weighted by Crippen LogP contribution is 2.31. The van der Waals surface area contributed by atoms with E-state index in [4.69, 9.17) is 4.74 Å². The van der Waals surface area contributed by atoms with Crippen LogP contribution in [0.5, 0.6) is 0 Å². The number of anilines is 2. The number of halogens is 1. The van der Waals surface area contributed by atoms with Crippen molar-refractivity contribution in [2.45, 2.75) is 19.5 Å². The van der Waals surface area contributed by atoms with Gasteiger partial charge in [-0.05, 0) is 30.7 Å². The Morgan fingerprint density at radius 1 is 1.19 bits per heavy atom. The lowest BCUT2D eigenvalue weighted by atomic mass is 10.2. The van der Waals surface area contributed by atoms with E-state index in [1.165, 1.54) is 9.13 Å².